The first-order valence-corrected chi connectivity index (χ1v) is 6.35. The van der Waals surface area contributed by atoms with Gasteiger partial charge in [0.2, 0.25) is 0 Å². The van der Waals surface area contributed by atoms with Crippen LogP contribution in [0.3, 0.4) is 0 Å². The summed E-state index contributed by atoms with van der Waals surface area (Å²) in [6, 6.07) is 5.72. The summed E-state index contributed by atoms with van der Waals surface area (Å²) in [6.45, 7) is 6.02. The van der Waals surface area contributed by atoms with Gasteiger partial charge in [-0.25, -0.2) is 0 Å². The van der Waals surface area contributed by atoms with Crippen molar-refractivity contribution in [3.63, 3.8) is 0 Å². The van der Waals surface area contributed by atoms with Gasteiger partial charge in [-0.1, -0.05) is 36.2 Å². The Morgan fingerprint density at radius 1 is 1.00 bits per heavy atom. The normalized spacial score (nSPS) is 10.7. The summed E-state index contributed by atoms with van der Waals surface area (Å²) in [4.78, 5) is 0. The van der Waals surface area contributed by atoms with Crippen LogP contribution in [0.15, 0.2) is 18.2 Å². The van der Waals surface area contributed by atoms with Crippen LogP contribution in [-0.4, -0.2) is 19.6 Å². The van der Waals surface area contributed by atoms with Crippen LogP contribution < -0.4 is 10.6 Å². The molecule has 90 valence electrons. The molecular weight excluding hydrogens is 243 g/mol. The second-order valence-electron chi connectivity index (χ2n) is 3.68. The predicted molar refractivity (Wildman–Crippen MR) is 71.3 cm³/mol. The highest BCUT2D eigenvalue weighted by atomic mass is 35.5. The van der Waals surface area contributed by atoms with Gasteiger partial charge >= 0.3 is 0 Å². The van der Waals surface area contributed by atoms with E-state index in [9.17, 15) is 0 Å². The Labute approximate surface area is 107 Å². The first-order valence-electron chi connectivity index (χ1n) is 5.59. The summed E-state index contributed by atoms with van der Waals surface area (Å²) in [5.74, 6) is 0. The molecule has 0 spiro atoms. The smallest absolute Gasteiger partial charge is 0.0595 e. The maximum atomic E-state index is 5.92. The van der Waals surface area contributed by atoms with E-state index in [2.05, 4.69) is 17.6 Å². The van der Waals surface area contributed by atoms with Crippen LogP contribution in [0.2, 0.25) is 10.0 Å². The van der Waals surface area contributed by atoms with Crippen LogP contribution in [-0.2, 0) is 6.54 Å². The highest BCUT2D eigenvalue weighted by molar-refractivity contribution is 6.42. The Morgan fingerprint density at radius 3 is 2.44 bits per heavy atom. The van der Waals surface area contributed by atoms with Gasteiger partial charge in [0.05, 0.1) is 10.0 Å². The van der Waals surface area contributed by atoms with Gasteiger partial charge in [-0.2, -0.15) is 0 Å². The lowest BCUT2D eigenvalue weighted by Gasteiger charge is -2.06. The van der Waals surface area contributed by atoms with Crippen LogP contribution in [0.1, 0.15) is 18.9 Å². The molecule has 16 heavy (non-hydrogen) atoms. The van der Waals surface area contributed by atoms with Crippen LogP contribution in [0, 0.1) is 0 Å². The maximum absolute atomic E-state index is 5.92. The zero-order valence-electron chi connectivity index (χ0n) is 9.52. The summed E-state index contributed by atoms with van der Waals surface area (Å²) in [6.07, 6.45) is 1.17. The molecule has 0 atom stereocenters. The van der Waals surface area contributed by atoms with E-state index in [1.165, 1.54) is 6.42 Å². The molecule has 1 aromatic carbocycles. The molecule has 0 bridgehead atoms. The second-order valence-corrected chi connectivity index (χ2v) is 4.49. The van der Waals surface area contributed by atoms with Crippen LogP contribution >= 0.6 is 23.2 Å². The van der Waals surface area contributed by atoms with Crippen molar-refractivity contribution in [3.8, 4) is 0 Å². The fourth-order valence-corrected chi connectivity index (χ4v) is 1.68. The van der Waals surface area contributed by atoms with Crippen molar-refractivity contribution >= 4 is 23.2 Å². The summed E-state index contributed by atoms with van der Waals surface area (Å²) >= 11 is 11.8. The molecule has 0 saturated heterocycles. The molecule has 1 rings (SSSR count). The maximum Gasteiger partial charge on any atom is 0.0595 e. The van der Waals surface area contributed by atoms with Gasteiger partial charge in [-0.15, -0.1) is 0 Å². The predicted octanol–water partition coefficient (Wildman–Crippen LogP) is 3.08. The zero-order chi connectivity index (χ0) is 11.8. The summed E-state index contributed by atoms with van der Waals surface area (Å²) < 4.78 is 0. The Morgan fingerprint density at radius 2 is 1.75 bits per heavy atom. The topological polar surface area (TPSA) is 24.1 Å². The fraction of sp³-hybridized carbons (Fsp3) is 0.500. The van der Waals surface area contributed by atoms with Crippen LogP contribution in [0.5, 0.6) is 0 Å². The molecule has 0 aromatic heterocycles. The molecule has 4 heteroatoms. The van der Waals surface area contributed by atoms with Crippen molar-refractivity contribution in [1.82, 2.24) is 10.6 Å². The Hall–Kier alpha value is -0.280. The monoisotopic (exact) mass is 260 g/mol. The standard InChI is InChI=1S/C12H18Cl2N2/c1-2-5-15-6-7-16-9-10-3-4-11(13)12(14)8-10/h3-4,8,15-16H,2,5-7,9H2,1H3. The van der Waals surface area contributed by atoms with Crippen molar-refractivity contribution in [2.45, 2.75) is 19.9 Å². The minimum atomic E-state index is 0.607. The van der Waals surface area contributed by atoms with Gasteiger partial charge in [-0.3, -0.25) is 0 Å². The first kappa shape index (κ1) is 13.8. The third-order valence-electron chi connectivity index (χ3n) is 2.22. The number of nitrogens with one attached hydrogen (secondary N) is 2. The summed E-state index contributed by atoms with van der Waals surface area (Å²) in [5.41, 5.74) is 1.16. The molecule has 0 aliphatic carbocycles. The van der Waals surface area contributed by atoms with Gasteiger partial charge in [0.25, 0.3) is 0 Å². The molecule has 2 N–H and O–H groups in total. The van der Waals surface area contributed by atoms with E-state index in [0.29, 0.717) is 10.0 Å². The van der Waals surface area contributed by atoms with E-state index in [4.69, 9.17) is 23.2 Å². The lowest BCUT2D eigenvalue weighted by atomic mass is 10.2. The van der Waals surface area contributed by atoms with E-state index >= 15 is 0 Å². The zero-order valence-corrected chi connectivity index (χ0v) is 11.0. The van der Waals surface area contributed by atoms with Crippen molar-refractivity contribution in [3.05, 3.63) is 33.8 Å². The fourth-order valence-electron chi connectivity index (χ4n) is 1.36. The summed E-state index contributed by atoms with van der Waals surface area (Å²) in [5, 5.41) is 7.90. The van der Waals surface area contributed by atoms with Crippen LogP contribution in [0.4, 0.5) is 0 Å². The number of benzene rings is 1. The summed E-state index contributed by atoms with van der Waals surface area (Å²) in [7, 11) is 0. The van der Waals surface area contributed by atoms with E-state index in [1.807, 2.05) is 18.2 Å². The Bertz CT molecular complexity index is 316. The quantitative estimate of drug-likeness (QED) is 0.737. The Balaban J connectivity index is 2.19. The second kappa shape index (κ2) is 7.91. The third kappa shape index (κ3) is 5.17. The largest absolute Gasteiger partial charge is 0.315 e. The van der Waals surface area contributed by atoms with Gasteiger partial charge < -0.3 is 10.6 Å². The molecule has 0 radical (unpaired) electrons. The van der Waals surface area contributed by atoms with Gasteiger partial charge in [0.1, 0.15) is 0 Å². The lowest BCUT2D eigenvalue weighted by Crippen LogP contribution is -2.27. The number of hydrogen-bond donors (Lipinski definition) is 2. The van der Waals surface area contributed by atoms with Crippen molar-refractivity contribution < 1.29 is 0 Å². The van der Waals surface area contributed by atoms with E-state index in [0.717, 1.165) is 31.7 Å². The molecule has 0 amide bonds. The molecule has 0 heterocycles. The van der Waals surface area contributed by atoms with Gasteiger partial charge in [-0.05, 0) is 30.7 Å². The molecule has 0 unspecified atom stereocenters. The van der Waals surface area contributed by atoms with E-state index in [1.54, 1.807) is 0 Å². The number of hydrogen-bond acceptors (Lipinski definition) is 2. The van der Waals surface area contributed by atoms with Crippen molar-refractivity contribution in [2.24, 2.45) is 0 Å². The molecule has 0 aliphatic rings. The highest BCUT2D eigenvalue weighted by Gasteiger charge is 1.98. The van der Waals surface area contributed by atoms with E-state index in [-0.39, 0.29) is 0 Å². The lowest BCUT2D eigenvalue weighted by molar-refractivity contribution is 0.607. The first-order chi connectivity index (χ1) is 7.74. The molecular formula is C12H18Cl2N2. The van der Waals surface area contributed by atoms with Crippen molar-refractivity contribution in [1.29, 1.82) is 0 Å². The molecule has 0 fully saturated rings. The van der Waals surface area contributed by atoms with Crippen LogP contribution in [0.25, 0.3) is 0 Å². The minimum absolute atomic E-state index is 0.607. The number of rotatable bonds is 7. The van der Waals surface area contributed by atoms with E-state index < -0.39 is 0 Å². The van der Waals surface area contributed by atoms with Gasteiger partial charge in [0.15, 0.2) is 0 Å². The highest BCUT2D eigenvalue weighted by Crippen LogP contribution is 2.22. The average Bonchev–Trinajstić information content (AvgIpc) is 2.28. The Kier molecular flexibility index (Phi) is 6.81. The van der Waals surface area contributed by atoms with Crippen molar-refractivity contribution in [2.75, 3.05) is 19.6 Å². The molecule has 1 aromatic rings. The van der Waals surface area contributed by atoms with Gasteiger partial charge in [0, 0.05) is 19.6 Å². The molecule has 0 aliphatic heterocycles. The average molecular weight is 261 g/mol. The minimum Gasteiger partial charge on any atom is -0.315 e. The number of halogens is 2. The SMILES string of the molecule is CCCNCCNCc1ccc(Cl)c(Cl)c1. The molecule has 0 saturated carbocycles. The third-order valence-corrected chi connectivity index (χ3v) is 2.96. The molecule has 2 nitrogen and oxygen atoms in total.